The maximum Gasteiger partial charge on any atom is 0.222 e. The molecule has 9 nitrogen and oxygen atoms in total. The van der Waals surface area contributed by atoms with Crippen molar-refractivity contribution in [2.24, 2.45) is 0 Å². The average molecular weight is 398 g/mol. The van der Waals surface area contributed by atoms with E-state index in [4.69, 9.17) is 10.2 Å². The van der Waals surface area contributed by atoms with Gasteiger partial charge in [-0.2, -0.15) is 4.98 Å². The van der Waals surface area contributed by atoms with Crippen LogP contribution in [-0.4, -0.2) is 37.0 Å². The van der Waals surface area contributed by atoms with Gasteiger partial charge in [0.05, 0.1) is 12.8 Å². The Balaban J connectivity index is 1.50. The zero-order valence-electron chi connectivity index (χ0n) is 16.2. The number of hydrogen-bond acceptors (Lipinski definition) is 8. The zero-order chi connectivity index (χ0) is 20.5. The summed E-state index contributed by atoms with van der Waals surface area (Å²) in [6, 6.07) is 17.6. The summed E-state index contributed by atoms with van der Waals surface area (Å²) in [5, 5.41) is 8.54. The van der Waals surface area contributed by atoms with Crippen LogP contribution in [0.3, 0.4) is 0 Å². The van der Waals surface area contributed by atoms with Gasteiger partial charge in [-0.25, -0.2) is 14.6 Å². The van der Waals surface area contributed by atoms with Crippen LogP contribution in [0.5, 0.6) is 0 Å². The normalized spacial score (nSPS) is 11.1. The first-order valence-electron chi connectivity index (χ1n) is 9.33. The van der Waals surface area contributed by atoms with Gasteiger partial charge in [-0.15, -0.1) is 5.10 Å². The molecular formula is C21H18N8O. The molecule has 2 N–H and O–H groups in total. The standard InChI is InChI=1S/C21H18N8O/c1-28(17-9-2-3-10-23-17)15-7-4-6-14(12-15)13-29-20-19(26-27-29)18(24-21(22)25-20)16-8-5-11-30-16/h2-12H,13H2,1H3,(H2,22,24,25). The van der Waals surface area contributed by atoms with Crippen molar-refractivity contribution < 1.29 is 4.42 Å². The van der Waals surface area contributed by atoms with Crippen molar-refractivity contribution in [3.63, 3.8) is 0 Å². The predicted molar refractivity (Wildman–Crippen MR) is 113 cm³/mol. The molecule has 0 aliphatic carbocycles. The monoisotopic (exact) mass is 398 g/mol. The fourth-order valence-electron chi connectivity index (χ4n) is 3.29. The number of nitrogen functional groups attached to an aromatic ring is 1. The van der Waals surface area contributed by atoms with Crippen LogP contribution in [0.2, 0.25) is 0 Å². The number of fused-ring (bicyclic) bond motifs is 1. The van der Waals surface area contributed by atoms with Gasteiger partial charge in [0.15, 0.2) is 16.9 Å². The Kier molecular flexibility index (Phi) is 4.32. The summed E-state index contributed by atoms with van der Waals surface area (Å²) < 4.78 is 7.17. The summed E-state index contributed by atoms with van der Waals surface area (Å²) in [5.41, 5.74) is 9.61. The summed E-state index contributed by atoms with van der Waals surface area (Å²) in [5.74, 6) is 1.57. The highest BCUT2D eigenvalue weighted by molar-refractivity contribution is 5.85. The molecule has 0 spiro atoms. The summed E-state index contributed by atoms with van der Waals surface area (Å²) in [7, 11) is 1.98. The smallest absolute Gasteiger partial charge is 0.222 e. The minimum atomic E-state index is 0.140. The fraction of sp³-hybridized carbons (Fsp3) is 0.0952. The van der Waals surface area contributed by atoms with Crippen LogP contribution < -0.4 is 10.6 Å². The molecule has 5 rings (SSSR count). The van der Waals surface area contributed by atoms with E-state index in [-0.39, 0.29) is 5.95 Å². The fourth-order valence-corrected chi connectivity index (χ4v) is 3.29. The molecule has 4 aromatic heterocycles. The molecule has 0 atom stereocenters. The summed E-state index contributed by atoms with van der Waals surface area (Å²) in [4.78, 5) is 15.1. The predicted octanol–water partition coefficient (Wildman–Crippen LogP) is 3.27. The molecule has 0 unspecified atom stereocenters. The molecule has 0 radical (unpaired) electrons. The van der Waals surface area contributed by atoms with Crippen molar-refractivity contribution in [2.75, 3.05) is 17.7 Å². The molecule has 0 aliphatic heterocycles. The lowest BCUT2D eigenvalue weighted by molar-refractivity contribution is 0.580. The second-order valence-electron chi connectivity index (χ2n) is 6.74. The first kappa shape index (κ1) is 17.8. The van der Waals surface area contributed by atoms with Gasteiger partial charge in [-0.1, -0.05) is 23.4 Å². The van der Waals surface area contributed by atoms with Crippen LogP contribution in [0.4, 0.5) is 17.5 Å². The Morgan fingerprint density at radius 1 is 1.07 bits per heavy atom. The van der Waals surface area contributed by atoms with Crippen molar-refractivity contribution in [3.05, 3.63) is 72.6 Å². The molecule has 148 valence electrons. The Labute approximate surface area is 171 Å². The Morgan fingerprint density at radius 3 is 2.80 bits per heavy atom. The van der Waals surface area contributed by atoms with Crippen LogP contribution in [0.15, 0.2) is 71.5 Å². The van der Waals surface area contributed by atoms with Gasteiger partial charge in [0, 0.05) is 18.9 Å². The minimum Gasteiger partial charge on any atom is -0.463 e. The number of anilines is 3. The second kappa shape index (κ2) is 7.28. The number of pyridine rings is 1. The van der Waals surface area contributed by atoms with Gasteiger partial charge in [0.25, 0.3) is 0 Å². The number of aromatic nitrogens is 6. The lowest BCUT2D eigenvalue weighted by Gasteiger charge is -2.19. The van der Waals surface area contributed by atoms with Crippen molar-refractivity contribution >= 4 is 28.6 Å². The molecule has 9 heteroatoms. The minimum absolute atomic E-state index is 0.140. The highest BCUT2D eigenvalue weighted by Crippen LogP contribution is 2.26. The summed E-state index contributed by atoms with van der Waals surface area (Å²) in [6.45, 7) is 0.481. The first-order chi connectivity index (χ1) is 14.7. The van der Waals surface area contributed by atoms with Crippen molar-refractivity contribution in [3.8, 4) is 11.5 Å². The van der Waals surface area contributed by atoms with E-state index in [1.54, 1.807) is 29.3 Å². The van der Waals surface area contributed by atoms with Gasteiger partial charge in [0.2, 0.25) is 5.95 Å². The average Bonchev–Trinajstić information content (AvgIpc) is 3.44. The number of rotatable bonds is 5. The topological polar surface area (TPSA) is 112 Å². The maximum absolute atomic E-state index is 5.93. The Morgan fingerprint density at radius 2 is 2.00 bits per heavy atom. The van der Waals surface area contributed by atoms with Crippen LogP contribution in [0.1, 0.15) is 5.56 Å². The molecule has 0 saturated heterocycles. The highest BCUT2D eigenvalue weighted by Gasteiger charge is 2.17. The third-order valence-electron chi connectivity index (χ3n) is 4.76. The Hall–Kier alpha value is -4.27. The quantitative estimate of drug-likeness (QED) is 0.480. The van der Waals surface area contributed by atoms with Crippen LogP contribution in [-0.2, 0) is 6.54 Å². The van der Waals surface area contributed by atoms with E-state index < -0.39 is 0 Å². The number of nitrogens with two attached hydrogens (primary N) is 1. The lowest BCUT2D eigenvalue weighted by atomic mass is 10.2. The molecule has 5 aromatic rings. The number of benzene rings is 1. The van der Waals surface area contributed by atoms with E-state index in [2.05, 4.69) is 31.3 Å². The van der Waals surface area contributed by atoms with E-state index >= 15 is 0 Å². The van der Waals surface area contributed by atoms with Gasteiger partial charge in [-0.05, 0) is 42.0 Å². The molecular weight excluding hydrogens is 380 g/mol. The number of furan rings is 1. The molecule has 4 heterocycles. The number of hydrogen-bond donors (Lipinski definition) is 1. The van der Waals surface area contributed by atoms with Crippen LogP contribution >= 0.6 is 0 Å². The molecule has 0 amide bonds. The maximum atomic E-state index is 5.93. The van der Waals surface area contributed by atoms with Crippen LogP contribution in [0, 0.1) is 0 Å². The zero-order valence-corrected chi connectivity index (χ0v) is 16.2. The Bertz CT molecular complexity index is 1300. The van der Waals surface area contributed by atoms with E-state index in [0.29, 0.717) is 29.2 Å². The number of nitrogens with zero attached hydrogens (tertiary/aromatic N) is 7. The molecule has 0 saturated carbocycles. The summed E-state index contributed by atoms with van der Waals surface area (Å²) >= 11 is 0. The highest BCUT2D eigenvalue weighted by atomic mass is 16.3. The van der Waals surface area contributed by atoms with Crippen molar-refractivity contribution in [2.45, 2.75) is 6.54 Å². The van der Waals surface area contributed by atoms with E-state index in [0.717, 1.165) is 17.1 Å². The van der Waals surface area contributed by atoms with E-state index in [1.807, 2.05) is 48.3 Å². The SMILES string of the molecule is CN(c1cccc(Cn2nnc3c(-c4ccco4)nc(N)nc32)c1)c1ccccn1. The summed E-state index contributed by atoms with van der Waals surface area (Å²) in [6.07, 6.45) is 3.35. The van der Waals surface area contributed by atoms with Gasteiger partial charge in [-0.3, -0.25) is 0 Å². The largest absolute Gasteiger partial charge is 0.463 e. The molecule has 30 heavy (non-hydrogen) atoms. The molecule has 1 aromatic carbocycles. The molecule has 0 bridgehead atoms. The van der Waals surface area contributed by atoms with Gasteiger partial charge < -0.3 is 15.1 Å². The van der Waals surface area contributed by atoms with Crippen LogP contribution in [0.25, 0.3) is 22.6 Å². The first-order valence-corrected chi connectivity index (χ1v) is 9.33. The van der Waals surface area contributed by atoms with E-state index in [1.165, 1.54) is 0 Å². The van der Waals surface area contributed by atoms with E-state index in [9.17, 15) is 0 Å². The van der Waals surface area contributed by atoms with Gasteiger partial charge >= 0.3 is 0 Å². The molecule has 0 aliphatic rings. The molecule has 0 fully saturated rings. The van der Waals surface area contributed by atoms with Crippen molar-refractivity contribution in [1.29, 1.82) is 0 Å². The van der Waals surface area contributed by atoms with Gasteiger partial charge in [0.1, 0.15) is 11.5 Å². The van der Waals surface area contributed by atoms with Crippen molar-refractivity contribution in [1.82, 2.24) is 29.9 Å². The third-order valence-corrected chi connectivity index (χ3v) is 4.76. The lowest BCUT2D eigenvalue weighted by Crippen LogP contribution is -2.11. The second-order valence-corrected chi connectivity index (χ2v) is 6.74. The third kappa shape index (κ3) is 3.22.